The molecule has 0 bridgehead atoms. The number of carboxylic acid groups (broad SMARTS) is 1. The highest BCUT2D eigenvalue weighted by Gasteiger charge is 2.56. The molecule has 1 fully saturated rings. The van der Waals surface area contributed by atoms with Crippen molar-refractivity contribution in [1.82, 2.24) is 0 Å². The number of carboxylic acids is 1. The predicted molar refractivity (Wildman–Crippen MR) is 98.9 cm³/mol. The van der Waals surface area contributed by atoms with Crippen molar-refractivity contribution >= 4 is 37.1 Å². The zero-order valence-electron chi connectivity index (χ0n) is 13.8. The number of aliphatic carboxylic acids is 1. The summed E-state index contributed by atoms with van der Waals surface area (Å²) in [6.07, 6.45) is 1.67. The van der Waals surface area contributed by atoms with Crippen LogP contribution >= 0.6 is 24.0 Å². The van der Waals surface area contributed by atoms with Gasteiger partial charge >= 0.3 is 13.1 Å². The Hall–Kier alpha value is -0.825. The summed E-state index contributed by atoms with van der Waals surface area (Å²) >= 11 is 5.85. The second kappa shape index (κ2) is 8.71. The molecule has 0 radical (unpaired) electrons. The Labute approximate surface area is 158 Å². The van der Waals surface area contributed by atoms with E-state index in [1.54, 1.807) is 24.3 Å². The third-order valence-corrected chi connectivity index (χ3v) is 5.28. The van der Waals surface area contributed by atoms with Gasteiger partial charge in [0, 0.05) is 11.4 Å². The molecule has 1 aromatic rings. The fourth-order valence-corrected chi connectivity index (χ4v) is 3.64. The van der Waals surface area contributed by atoms with E-state index in [0.717, 1.165) is 5.56 Å². The van der Waals surface area contributed by atoms with E-state index in [1.807, 2.05) is 0 Å². The number of benzene rings is 1. The molecular weight excluding hydrogens is 368 g/mol. The first-order chi connectivity index (χ1) is 11.2. The van der Waals surface area contributed by atoms with Gasteiger partial charge < -0.3 is 26.0 Å². The van der Waals surface area contributed by atoms with E-state index in [2.05, 4.69) is 0 Å². The largest absolute Gasteiger partial charge is 0.480 e. The molecule has 3 atom stereocenters. The zero-order chi connectivity index (χ0) is 18.0. The molecule has 6 N–H and O–H groups in total. The summed E-state index contributed by atoms with van der Waals surface area (Å²) < 4.78 is 0. The Bertz CT molecular complexity index is 588. The molecule has 25 heavy (non-hydrogen) atoms. The van der Waals surface area contributed by atoms with E-state index >= 15 is 0 Å². The van der Waals surface area contributed by atoms with E-state index in [1.165, 1.54) is 0 Å². The van der Waals surface area contributed by atoms with Gasteiger partial charge in [-0.25, -0.2) is 0 Å². The molecule has 0 saturated heterocycles. The van der Waals surface area contributed by atoms with Crippen LogP contribution in [0.15, 0.2) is 24.3 Å². The van der Waals surface area contributed by atoms with Gasteiger partial charge in [0.15, 0.2) is 0 Å². The van der Waals surface area contributed by atoms with Gasteiger partial charge in [0.25, 0.3) is 0 Å². The number of aliphatic hydroxyl groups is 1. The van der Waals surface area contributed by atoms with E-state index < -0.39 is 24.2 Å². The Morgan fingerprint density at radius 2 is 1.92 bits per heavy atom. The lowest BCUT2D eigenvalue weighted by Crippen LogP contribution is -2.69. The van der Waals surface area contributed by atoms with Crippen LogP contribution in [0.3, 0.4) is 0 Å². The first-order valence-electron chi connectivity index (χ1n) is 8.01. The lowest BCUT2D eigenvalue weighted by atomic mass is 9.62. The van der Waals surface area contributed by atoms with Crippen molar-refractivity contribution in [1.29, 1.82) is 0 Å². The number of halogens is 2. The van der Waals surface area contributed by atoms with Gasteiger partial charge in [0.2, 0.25) is 0 Å². The lowest BCUT2D eigenvalue weighted by molar-refractivity contribution is -0.163. The van der Waals surface area contributed by atoms with Gasteiger partial charge in [0.05, 0.1) is 5.60 Å². The van der Waals surface area contributed by atoms with Crippen molar-refractivity contribution in [3.63, 3.8) is 0 Å². The average molecular weight is 392 g/mol. The average Bonchev–Trinajstić information content (AvgIpc) is 2.51. The van der Waals surface area contributed by atoms with Gasteiger partial charge in [-0.3, -0.25) is 4.79 Å². The first-order valence-corrected chi connectivity index (χ1v) is 8.39. The molecule has 0 spiro atoms. The Morgan fingerprint density at radius 1 is 1.32 bits per heavy atom. The third-order valence-electron chi connectivity index (χ3n) is 5.03. The van der Waals surface area contributed by atoms with Crippen LogP contribution < -0.4 is 5.73 Å². The topological polar surface area (TPSA) is 124 Å². The predicted octanol–water partition coefficient (Wildman–Crippen LogP) is 1.48. The normalized spacial score (nSPS) is 28.9. The monoisotopic (exact) mass is 391 g/mol. The highest BCUT2D eigenvalue weighted by atomic mass is 35.5. The summed E-state index contributed by atoms with van der Waals surface area (Å²) in [4.78, 5) is 11.8. The van der Waals surface area contributed by atoms with Crippen molar-refractivity contribution in [2.45, 2.75) is 49.6 Å². The second-order valence-electron chi connectivity index (χ2n) is 6.78. The van der Waals surface area contributed by atoms with Crippen LogP contribution in [0.5, 0.6) is 0 Å². The molecule has 0 aromatic heterocycles. The molecule has 1 aromatic carbocycles. The number of hydrogen-bond donors (Lipinski definition) is 5. The molecular formula is C16H24BCl2NO5. The highest BCUT2D eigenvalue weighted by molar-refractivity contribution is 6.40. The first kappa shape index (κ1) is 22.2. The standard InChI is InChI=1S/C16H23BClNO5.ClH/c18-13-3-1-11(2-4-13)9-15(22)7-5-12(6-8-17(23)24)10-16(15,19)14(20)21;/h1-4,12,22-24H,5-10,19H2,(H,20,21);1H. The van der Waals surface area contributed by atoms with Gasteiger partial charge in [-0.2, -0.15) is 0 Å². The molecule has 2 rings (SSSR count). The summed E-state index contributed by atoms with van der Waals surface area (Å²) in [7, 11) is -1.42. The SMILES string of the molecule is Cl.NC1(C(=O)O)CC(CCB(O)O)CCC1(O)Cc1ccc(Cl)cc1. The summed E-state index contributed by atoms with van der Waals surface area (Å²) in [5, 5.41) is 39.2. The lowest BCUT2D eigenvalue weighted by Gasteiger charge is -2.48. The molecule has 140 valence electrons. The number of rotatable bonds is 6. The zero-order valence-corrected chi connectivity index (χ0v) is 15.3. The molecule has 0 amide bonds. The molecule has 9 heteroatoms. The van der Waals surface area contributed by atoms with Gasteiger partial charge in [-0.1, -0.05) is 30.2 Å². The fourth-order valence-electron chi connectivity index (χ4n) is 3.52. The maximum absolute atomic E-state index is 11.8. The van der Waals surface area contributed by atoms with Crippen LogP contribution in [-0.2, 0) is 11.2 Å². The van der Waals surface area contributed by atoms with Crippen LogP contribution in [0.2, 0.25) is 11.3 Å². The van der Waals surface area contributed by atoms with Crippen molar-refractivity contribution in [3.05, 3.63) is 34.9 Å². The van der Waals surface area contributed by atoms with Gasteiger partial charge in [-0.15, -0.1) is 12.4 Å². The quantitative estimate of drug-likeness (QED) is 0.468. The highest BCUT2D eigenvalue weighted by Crippen LogP contribution is 2.42. The minimum Gasteiger partial charge on any atom is -0.480 e. The van der Waals surface area contributed by atoms with Crippen LogP contribution in [0, 0.1) is 5.92 Å². The van der Waals surface area contributed by atoms with Crippen molar-refractivity contribution < 1.29 is 25.1 Å². The number of hydrogen-bond acceptors (Lipinski definition) is 5. The van der Waals surface area contributed by atoms with Crippen molar-refractivity contribution in [2.75, 3.05) is 0 Å². The van der Waals surface area contributed by atoms with E-state index in [0.29, 0.717) is 17.9 Å². The van der Waals surface area contributed by atoms with Crippen LogP contribution in [0.25, 0.3) is 0 Å². The van der Waals surface area contributed by atoms with Gasteiger partial charge in [-0.05, 0) is 49.2 Å². The smallest absolute Gasteiger partial charge is 0.451 e. The molecule has 1 aliphatic rings. The molecule has 6 nitrogen and oxygen atoms in total. The van der Waals surface area contributed by atoms with E-state index in [9.17, 15) is 15.0 Å². The Balaban J connectivity index is 0.00000312. The minimum atomic E-state index is -1.78. The summed E-state index contributed by atoms with van der Waals surface area (Å²) in [5.41, 5.74) is 3.57. The molecule has 0 aliphatic heterocycles. The van der Waals surface area contributed by atoms with E-state index in [-0.39, 0.29) is 43.9 Å². The van der Waals surface area contributed by atoms with Crippen molar-refractivity contribution in [3.8, 4) is 0 Å². The summed E-state index contributed by atoms with van der Waals surface area (Å²) in [6, 6.07) is 6.87. The fraction of sp³-hybridized carbons (Fsp3) is 0.562. The van der Waals surface area contributed by atoms with Crippen LogP contribution in [0.1, 0.15) is 31.2 Å². The Morgan fingerprint density at radius 3 is 2.44 bits per heavy atom. The summed E-state index contributed by atoms with van der Waals surface area (Å²) in [5.74, 6) is -1.31. The molecule has 3 unspecified atom stereocenters. The number of carbonyl (C=O) groups is 1. The Kier molecular flexibility index (Phi) is 7.74. The summed E-state index contributed by atoms with van der Waals surface area (Å²) in [6.45, 7) is 0. The van der Waals surface area contributed by atoms with Gasteiger partial charge in [0.1, 0.15) is 5.54 Å². The molecule has 0 heterocycles. The second-order valence-corrected chi connectivity index (χ2v) is 7.21. The molecule has 1 saturated carbocycles. The minimum absolute atomic E-state index is 0. The number of nitrogens with two attached hydrogens (primary N) is 1. The van der Waals surface area contributed by atoms with Crippen LogP contribution in [-0.4, -0.2) is 44.5 Å². The third kappa shape index (κ3) is 5.09. The van der Waals surface area contributed by atoms with Crippen LogP contribution in [0.4, 0.5) is 0 Å². The maximum atomic E-state index is 11.8. The van der Waals surface area contributed by atoms with E-state index in [4.69, 9.17) is 27.4 Å². The molecule has 1 aliphatic carbocycles. The van der Waals surface area contributed by atoms with Crippen molar-refractivity contribution in [2.24, 2.45) is 11.7 Å². The maximum Gasteiger partial charge on any atom is 0.451 e.